The Balaban J connectivity index is 2.89. The van der Waals surface area contributed by atoms with Gasteiger partial charge < -0.3 is 10.6 Å². The summed E-state index contributed by atoms with van der Waals surface area (Å²) in [5.74, 6) is -0.925. The van der Waals surface area contributed by atoms with Crippen LogP contribution in [0.1, 0.15) is 6.92 Å². The SMILES string of the molecule is CCN(C)C(=O)CS(=O)(=O)c1ccc(N)cc1. The normalized spacial score (nSPS) is 11.2. The second kappa shape index (κ2) is 5.18. The highest BCUT2D eigenvalue weighted by Crippen LogP contribution is 2.13. The van der Waals surface area contributed by atoms with Crippen molar-refractivity contribution >= 4 is 21.4 Å². The summed E-state index contributed by atoms with van der Waals surface area (Å²) in [6.45, 7) is 2.27. The number of anilines is 1. The van der Waals surface area contributed by atoms with Crippen LogP contribution in [0, 0.1) is 0 Å². The molecule has 2 N–H and O–H groups in total. The molecule has 0 spiro atoms. The van der Waals surface area contributed by atoms with E-state index < -0.39 is 21.5 Å². The highest BCUT2D eigenvalue weighted by molar-refractivity contribution is 7.92. The Labute approximate surface area is 101 Å². The number of nitrogens with zero attached hydrogens (tertiary/aromatic N) is 1. The minimum atomic E-state index is -3.58. The minimum Gasteiger partial charge on any atom is -0.399 e. The summed E-state index contributed by atoms with van der Waals surface area (Å²) in [6.07, 6.45) is 0. The Hall–Kier alpha value is -1.56. The fraction of sp³-hybridized carbons (Fsp3) is 0.364. The summed E-state index contributed by atoms with van der Waals surface area (Å²) in [5.41, 5.74) is 5.96. The monoisotopic (exact) mass is 256 g/mol. The third kappa shape index (κ3) is 3.45. The largest absolute Gasteiger partial charge is 0.399 e. The number of amides is 1. The molecule has 0 saturated heterocycles. The van der Waals surface area contributed by atoms with Crippen LogP contribution in [-0.4, -0.2) is 38.6 Å². The molecule has 1 aromatic rings. The van der Waals surface area contributed by atoms with Gasteiger partial charge in [0.05, 0.1) is 4.90 Å². The van der Waals surface area contributed by atoms with Crippen LogP contribution in [0.25, 0.3) is 0 Å². The van der Waals surface area contributed by atoms with Gasteiger partial charge in [-0.3, -0.25) is 4.79 Å². The first kappa shape index (κ1) is 13.5. The Morgan fingerprint density at radius 3 is 2.29 bits per heavy atom. The molecule has 0 fully saturated rings. The average molecular weight is 256 g/mol. The fourth-order valence-corrected chi connectivity index (χ4v) is 2.47. The number of rotatable bonds is 4. The molecule has 0 heterocycles. The predicted molar refractivity (Wildman–Crippen MR) is 66.2 cm³/mol. The molecule has 0 aliphatic carbocycles. The van der Waals surface area contributed by atoms with Gasteiger partial charge in [0.25, 0.3) is 0 Å². The number of hydrogen-bond acceptors (Lipinski definition) is 4. The zero-order valence-corrected chi connectivity index (χ0v) is 10.7. The maximum atomic E-state index is 11.9. The maximum Gasteiger partial charge on any atom is 0.237 e. The summed E-state index contributed by atoms with van der Waals surface area (Å²) in [6, 6.07) is 5.82. The van der Waals surface area contributed by atoms with Crippen LogP contribution < -0.4 is 5.73 Å². The van der Waals surface area contributed by atoms with E-state index in [1.54, 1.807) is 14.0 Å². The van der Waals surface area contributed by atoms with Gasteiger partial charge >= 0.3 is 0 Å². The smallest absolute Gasteiger partial charge is 0.237 e. The van der Waals surface area contributed by atoms with Crippen molar-refractivity contribution in [3.05, 3.63) is 24.3 Å². The molecule has 1 amide bonds. The molecule has 0 aromatic heterocycles. The van der Waals surface area contributed by atoms with E-state index in [0.717, 1.165) is 0 Å². The number of nitrogen functional groups attached to an aromatic ring is 1. The van der Waals surface area contributed by atoms with Crippen molar-refractivity contribution in [2.24, 2.45) is 0 Å². The van der Waals surface area contributed by atoms with Gasteiger partial charge in [-0.1, -0.05) is 0 Å². The zero-order chi connectivity index (χ0) is 13.1. The van der Waals surface area contributed by atoms with Gasteiger partial charge in [0, 0.05) is 19.3 Å². The lowest BCUT2D eigenvalue weighted by Crippen LogP contribution is -2.32. The zero-order valence-electron chi connectivity index (χ0n) is 9.88. The quantitative estimate of drug-likeness (QED) is 0.796. The van der Waals surface area contributed by atoms with Crippen LogP contribution in [0.4, 0.5) is 5.69 Å². The molecule has 17 heavy (non-hydrogen) atoms. The third-order valence-electron chi connectivity index (χ3n) is 2.45. The molecule has 94 valence electrons. The molecule has 5 nitrogen and oxygen atoms in total. The molecule has 1 aromatic carbocycles. The van der Waals surface area contributed by atoms with E-state index in [1.165, 1.54) is 29.2 Å². The molecule has 0 atom stereocenters. The molecule has 0 saturated carbocycles. The van der Waals surface area contributed by atoms with Crippen molar-refractivity contribution in [3.63, 3.8) is 0 Å². The van der Waals surface area contributed by atoms with Crippen molar-refractivity contribution in [3.8, 4) is 0 Å². The molecular formula is C11H16N2O3S. The maximum absolute atomic E-state index is 11.9. The van der Waals surface area contributed by atoms with E-state index >= 15 is 0 Å². The van der Waals surface area contributed by atoms with Crippen LogP contribution in [-0.2, 0) is 14.6 Å². The first-order valence-electron chi connectivity index (χ1n) is 5.19. The van der Waals surface area contributed by atoms with Crippen molar-refractivity contribution in [1.82, 2.24) is 4.90 Å². The second-order valence-corrected chi connectivity index (χ2v) is 5.73. The van der Waals surface area contributed by atoms with Gasteiger partial charge in [0.2, 0.25) is 5.91 Å². The summed E-state index contributed by atoms with van der Waals surface area (Å²) in [4.78, 5) is 13.0. The first-order valence-corrected chi connectivity index (χ1v) is 6.84. The van der Waals surface area contributed by atoms with Gasteiger partial charge in [-0.05, 0) is 31.2 Å². The van der Waals surface area contributed by atoms with Gasteiger partial charge in [0.1, 0.15) is 5.75 Å². The lowest BCUT2D eigenvalue weighted by molar-refractivity contribution is -0.126. The molecule has 0 bridgehead atoms. The molecule has 6 heteroatoms. The standard InChI is InChI=1S/C11H16N2O3S/c1-3-13(2)11(14)8-17(15,16)10-6-4-9(12)5-7-10/h4-7H,3,8,12H2,1-2H3. The van der Waals surface area contributed by atoms with Crippen molar-refractivity contribution in [2.45, 2.75) is 11.8 Å². The number of carbonyl (C=O) groups is 1. The van der Waals surface area contributed by atoms with Gasteiger partial charge in [-0.2, -0.15) is 0 Å². The lowest BCUT2D eigenvalue weighted by Gasteiger charge is -2.14. The third-order valence-corrected chi connectivity index (χ3v) is 4.07. The van der Waals surface area contributed by atoms with Crippen LogP contribution in [0.3, 0.4) is 0 Å². The molecule has 0 radical (unpaired) electrons. The topological polar surface area (TPSA) is 80.5 Å². The lowest BCUT2D eigenvalue weighted by atomic mass is 10.3. The van der Waals surface area contributed by atoms with Crippen molar-refractivity contribution in [1.29, 1.82) is 0 Å². The number of carbonyl (C=O) groups excluding carboxylic acids is 1. The second-order valence-electron chi connectivity index (χ2n) is 3.74. The molecule has 0 unspecified atom stereocenters. The summed E-state index contributed by atoms with van der Waals surface area (Å²) in [7, 11) is -2.01. The molecule has 1 rings (SSSR count). The van der Waals surface area contributed by atoms with E-state index in [9.17, 15) is 13.2 Å². The van der Waals surface area contributed by atoms with Crippen molar-refractivity contribution in [2.75, 3.05) is 25.1 Å². The van der Waals surface area contributed by atoms with Crippen molar-refractivity contribution < 1.29 is 13.2 Å². The van der Waals surface area contributed by atoms with Gasteiger partial charge in [-0.25, -0.2) is 8.42 Å². The minimum absolute atomic E-state index is 0.115. The Morgan fingerprint density at radius 2 is 1.82 bits per heavy atom. The van der Waals surface area contributed by atoms with E-state index in [1.807, 2.05) is 0 Å². The van der Waals surface area contributed by atoms with E-state index in [0.29, 0.717) is 12.2 Å². The van der Waals surface area contributed by atoms with E-state index in [-0.39, 0.29) is 4.90 Å². The van der Waals surface area contributed by atoms with Gasteiger partial charge in [0.15, 0.2) is 9.84 Å². The van der Waals surface area contributed by atoms with E-state index in [2.05, 4.69) is 0 Å². The number of sulfone groups is 1. The summed E-state index contributed by atoms with van der Waals surface area (Å²) >= 11 is 0. The highest BCUT2D eigenvalue weighted by Gasteiger charge is 2.20. The number of nitrogens with two attached hydrogens (primary N) is 1. The average Bonchev–Trinajstić information content (AvgIpc) is 2.27. The predicted octanol–water partition coefficient (Wildman–Crippen LogP) is 0.521. The van der Waals surface area contributed by atoms with Crippen LogP contribution in [0.5, 0.6) is 0 Å². The fourth-order valence-electron chi connectivity index (χ4n) is 1.21. The molecular weight excluding hydrogens is 240 g/mol. The molecule has 0 aliphatic heterocycles. The highest BCUT2D eigenvalue weighted by atomic mass is 32.2. The Morgan fingerprint density at radius 1 is 1.29 bits per heavy atom. The van der Waals surface area contributed by atoms with Crippen LogP contribution in [0.2, 0.25) is 0 Å². The van der Waals surface area contributed by atoms with Crippen LogP contribution in [0.15, 0.2) is 29.2 Å². The summed E-state index contributed by atoms with van der Waals surface area (Å²) in [5, 5.41) is 0. The van der Waals surface area contributed by atoms with Gasteiger partial charge in [-0.15, -0.1) is 0 Å². The Bertz CT molecular complexity index is 494. The Kier molecular flexibility index (Phi) is 4.11. The number of benzene rings is 1. The van der Waals surface area contributed by atoms with E-state index in [4.69, 9.17) is 5.73 Å². The number of hydrogen-bond donors (Lipinski definition) is 1. The first-order chi connectivity index (χ1) is 7.86. The molecule has 0 aliphatic rings. The van der Waals surface area contributed by atoms with Crippen LogP contribution >= 0.6 is 0 Å². The summed E-state index contributed by atoms with van der Waals surface area (Å²) < 4.78 is 23.8.